The molecule has 6 nitrogen and oxygen atoms in total. The second kappa shape index (κ2) is 25.7. The first kappa shape index (κ1) is 35.0. The topological polar surface area (TPSA) is 78.9 Å². The lowest BCUT2D eigenvalue weighted by atomic mass is 10.1. The minimum atomic E-state index is -0.185. The average Bonchev–Trinajstić information content (AvgIpc) is 2.70. The molecule has 2 unspecified atom stereocenters. The highest BCUT2D eigenvalue weighted by Crippen LogP contribution is 2.09. The van der Waals surface area contributed by atoms with Crippen molar-refractivity contribution in [2.75, 3.05) is 6.61 Å². The van der Waals surface area contributed by atoms with Crippen LogP contribution in [0.3, 0.4) is 0 Å². The Balaban J connectivity index is -0.000000398. The predicted molar refractivity (Wildman–Crippen MR) is 131 cm³/mol. The summed E-state index contributed by atoms with van der Waals surface area (Å²) in [5.74, 6) is -0.0147. The third-order valence-electron chi connectivity index (χ3n) is 4.65. The van der Waals surface area contributed by atoms with Crippen molar-refractivity contribution in [2.24, 2.45) is 5.92 Å². The molecule has 2 atom stereocenters. The Hall–Kier alpha value is -1.59. The lowest BCUT2D eigenvalue weighted by Gasteiger charge is -2.14. The van der Waals surface area contributed by atoms with Crippen LogP contribution in [0.15, 0.2) is 0 Å². The molecular weight excluding hydrogens is 408 g/mol. The second-order valence-electron chi connectivity index (χ2n) is 8.39. The van der Waals surface area contributed by atoms with Crippen molar-refractivity contribution in [3.63, 3.8) is 0 Å². The zero-order valence-electron chi connectivity index (χ0n) is 22.5. The number of esters is 3. The number of unbranched alkanes of at least 4 members (excludes halogenated alkanes) is 3. The normalized spacial score (nSPS) is 11.8. The first-order valence-electron chi connectivity index (χ1n) is 12.5. The number of carbonyl (C=O) groups excluding carboxylic acids is 3. The standard InChI is InChI=1S/C10H20O2.C9H18O2.C7H14O2/c1-4-5-6-7-8-9(2)12-10(3)11;1-4-6-9(7-5-2)11-8(3)10;1-4-6(2)5-9-7(3)8/h9H,4-8H2,1-3H3;9H,4-7H2,1-3H3;6H,4-5H2,1-3H3. The van der Waals surface area contributed by atoms with Gasteiger partial charge in [-0.3, -0.25) is 14.4 Å². The molecule has 0 fully saturated rings. The van der Waals surface area contributed by atoms with Crippen molar-refractivity contribution in [1.29, 1.82) is 0 Å². The highest BCUT2D eigenvalue weighted by atomic mass is 16.5. The molecular formula is C26H52O6. The van der Waals surface area contributed by atoms with Gasteiger partial charge in [0.1, 0.15) is 6.10 Å². The first-order valence-corrected chi connectivity index (χ1v) is 12.5. The molecule has 0 aromatic heterocycles. The van der Waals surface area contributed by atoms with Crippen molar-refractivity contribution in [2.45, 2.75) is 139 Å². The van der Waals surface area contributed by atoms with Crippen LogP contribution in [0.25, 0.3) is 0 Å². The lowest BCUT2D eigenvalue weighted by molar-refractivity contribution is -0.147. The maximum Gasteiger partial charge on any atom is 0.302 e. The fourth-order valence-corrected chi connectivity index (χ4v) is 2.72. The van der Waals surface area contributed by atoms with Crippen LogP contribution in [0.1, 0.15) is 127 Å². The Morgan fingerprint density at radius 1 is 0.656 bits per heavy atom. The van der Waals surface area contributed by atoms with E-state index < -0.39 is 0 Å². The Morgan fingerprint density at radius 3 is 1.56 bits per heavy atom. The monoisotopic (exact) mass is 460 g/mol. The maximum absolute atomic E-state index is 10.6. The Bertz CT molecular complexity index is 444. The highest BCUT2D eigenvalue weighted by molar-refractivity contribution is 5.66. The van der Waals surface area contributed by atoms with Gasteiger partial charge in [-0.1, -0.05) is 73.1 Å². The van der Waals surface area contributed by atoms with Crippen LogP contribution in [-0.2, 0) is 28.6 Å². The van der Waals surface area contributed by atoms with Gasteiger partial charge < -0.3 is 14.2 Å². The SMILES string of the molecule is CCC(C)COC(C)=O.CCCC(CCC)OC(C)=O.CCCCCCC(C)OC(C)=O. The van der Waals surface area contributed by atoms with Crippen molar-refractivity contribution >= 4 is 17.9 Å². The van der Waals surface area contributed by atoms with Gasteiger partial charge in [-0.2, -0.15) is 0 Å². The summed E-state index contributed by atoms with van der Waals surface area (Å²) in [6.07, 6.45) is 11.4. The van der Waals surface area contributed by atoms with Crippen molar-refractivity contribution in [3.8, 4) is 0 Å². The Labute approximate surface area is 198 Å². The van der Waals surface area contributed by atoms with Crippen LogP contribution in [0.4, 0.5) is 0 Å². The number of hydrogen-bond acceptors (Lipinski definition) is 6. The summed E-state index contributed by atoms with van der Waals surface area (Å²) < 4.78 is 14.8. The molecule has 0 rings (SSSR count). The summed E-state index contributed by atoms with van der Waals surface area (Å²) in [5, 5.41) is 0. The number of hydrogen-bond donors (Lipinski definition) is 0. The zero-order chi connectivity index (χ0) is 25.4. The molecule has 0 aliphatic heterocycles. The van der Waals surface area contributed by atoms with E-state index in [0.29, 0.717) is 12.5 Å². The van der Waals surface area contributed by atoms with Gasteiger partial charge in [0.2, 0.25) is 0 Å². The third kappa shape index (κ3) is 33.1. The summed E-state index contributed by atoms with van der Waals surface area (Å²) in [6, 6.07) is 0. The molecule has 0 N–H and O–H groups in total. The third-order valence-corrected chi connectivity index (χ3v) is 4.65. The van der Waals surface area contributed by atoms with E-state index in [2.05, 4.69) is 34.6 Å². The highest BCUT2D eigenvalue weighted by Gasteiger charge is 2.08. The van der Waals surface area contributed by atoms with E-state index in [0.717, 1.165) is 38.5 Å². The van der Waals surface area contributed by atoms with Gasteiger partial charge in [-0.15, -0.1) is 0 Å². The van der Waals surface area contributed by atoms with E-state index >= 15 is 0 Å². The predicted octanol–water partition coefficient (Wildman–Crippen LogP) is 7.02. The molecule has 192 valence electrons. The minimum absolute atomic E-state index is 0.0966. The van der Waals surface area contributed by atoms with E-state index in [9.17, 15) is 14.4 Å². The molecule has 0 heterocycles. The molecule has 0 aliphatic rings. The molecule has 0 spiro atoms. The van der Waals surface area contributed by atoms with Crippen molar-refractivity contribution < 1.29 is 28.6 Å². The summed E-state index contributed by atoms with van der Waals surface area (Å²) in [6.45, 7) is 17.4. The van der Waals surface area contributed by atoms with E-state index in [4.69, 9.17) is 14.2 Å². The summed E-state index contributed by atoms with van der Waals surface area (Å²) in [5.41, 5.74) is 0. The maximum atomic E-state index is 10.6. The molecule has 0 saturated heterocycles. The summed E-state index contributed by atoms with van der Waals surface area (Å²) in [4.78, 5) is 31.3. The molecule has 0 bridgehead atoms. The van der Waals surface area contributed by atoms with E-state index in [1.807, 2.05) is 6.92 Å². The van der Waals surface area contributed by atoms with Crippen LogP contribution in [0.2, 0.25) is 0 Å². The van der Waals surface area contributed by atoms with Gasteiger partial charge >= 0.3 is 17.9 Å². The van der Waals surface area contributed by atoms with Crippen LogP contribution in [-0.4, -0.2) is 36.7 Å². The molecule has 0 radical (unpaired) electrons. The van der Waals surface area contributed by atoms with E-state index in [-0.39, 0.29) is 30.1 Å². The van der Waals surface area contributed by atoms with Crippen LogP contribution >= 0.6 is 0 Å². The molecule has 6 heteroatoms. The average molecular weight is 461 g/mol. The summed E-state index contributed by atoms with van der Waals surface area (Å²) in [7, 11) is 0. The minimum Gasteiger partial charge on any atom is -0.466 e. The number of rotatable bonds is 14. The van der Waals surface area contributed by atoms with Crippen LogP contribution in [0.5, 0.6) is 0 Å². The molecule has 0 aliphatic carbocycles. The largest absolute Gasteiger partial charge is 0.466 e. The summed E-state index contributed by atoms with van der Waals surface area (Å²) >= 11 is 0. The fraction of sp³-hybridized carbons (Fsp3) is 0.885. The van der Waals surface area contributed by atoms with Gasteiger partial charge in [0.25, 0.3) is 0 Å². The fourth-order valence-electron chi connectivity index (χ4n) is 2.72. The van der Waals surface area contributed by atoms with Crippen LogP contribution in [0, 0.1) is 5.92 Å². The molecule has 0 aromatic carbocycles. The lowest BCUT2D eigenvalue weighted by Crippen LogP contribution is -2.15. The number of ether oxygens (including phenoxy) is 3. The molecule has 0 saturated carbocycles. The Kier molecular flexibility index (Phi) is 28.1. The van der Waals surface area contributed by atoms with Crippen molar-refractivity contribution in [1.82, 2.24) is 0 Å². The van der Waals surface area contributed by atoms with Gasteiger partial charge in [-0.25, -0.2) is 0 Å². The van der Waals surface area contributed by atoms with Gasteiger partial charge in [0, 0.05) is 20.8 Å². The zero-order valence-corrected chi connectivity index (χ0v) is 22.5. The van der Waals surface area contributed by atoms with E-state index in [1.165, 1.54) is 46.5 Å². The van der Waals surface area contributed by atoms with Gasteiger partial charge in [0.05, 0.1) is 12.7 Å². The van der Waals surface area contributed by atoms with Gasteiger partial charge in [-0.05, 0) is 38.5 Å². The van der Waals surface area contributed by atoms with E-state index in [1.54, 1.807) is 0 Å². The first-order chi connectivity index (χ1) is 15.0. The smallest absolute Gasteiger partial charge is 0.302 e. The van der Waals surface area contributed by atoms with Crippen LogP contribution < -0.4 is 0 Å². The number of carbonyl (C=O) groups is 3. The quantitative estimate of drug-likeness (QED) is 0.157. The Morgan fingerprint density at radius 2 is 1.19 bits per heavy atom. The second-order valence-corrected chi connectivity index (χ2v) is 8.39. The molecule has 0 amide bonds. The molecule has 0 aromatic rings. The van der Waals surface area contributed by atoms with Crippen molar-refractivity contribution in [3.05, 3.63) is 0 Å². The molecule has 32 heavy (non-hydrogen) atoms. The van der Waals surface area contributed by atoms with Gasteiger partial charge in [0.15, 0.2) is 0 Å².